The highest BCUT2D eigenvalue weighted by atomic mass is 19.2. The Balaban J connectivity index is 1.27. The lowest BCUT2D eigenvalue weighted by Crippen LogP contribution is -2.50. The Morgan fingerprint density at radius 2 is 1.77 bits per heavy atom. The SMILES string of the molecule is OC(CN1CCC2(CCc3ccc4ccccc4c3O2)CC1)c1ccc(F)c(F)c1. The minimum atomic E-state index is -0.925. The molecule has 0 bridgehead atoms. The van der Waals surface area contributed by atoms with Gasteiger partial charge in [0.2, 0.25) is 0 Å². The summed E-state index contributed by atoms with van der Waals surface area (Å²) in [4.78, 5) is 2.18. The predicted octanol–water partition coefficient (Wildman–Crippen LogP) is 5.01. The first-order valence-corrected chi connectivity index (χ1v) is 10.6. The summed E-state index contributed by atoms with van der Waals surface area (Å²) in [5.41, 5.74) is 1.51. The van der Waals surface area contributed by atoms with Crippen LogP contribution in [0.25, 0.3) is 10.8 Å². The second kappa shape index (κ2) is 7.64. The molecule has 1 N–H and O–H groups in total. The molecule has 0 saturated carbocycles. The number of ether oxygens (including phenoxy) is 1. The number of halogens is 2. The summed E-state index contributed by atoms with van der Waals surface area (Å²) in [6.07, 6.45) is 2.95. The Labute approximate surface area is 174 Å². The molecule has 1 fully saturated rings. The fraction of sp³-hybridized carbons (Fsp3) is 0.360. The number of aliphatic hydroxyl groups excluding tert-OH is 1. The molecule has 2 aliphatic heterocycles. The molecule has 1 saturated heterocycles. The van der Waals surface area contributed by atoms with Crippen molar-refractivity contribution < 1.29 is 18.6 Å². The maximum Gasteiger partial charge on any atom is 0.159 e. The van der Waals surface area contributed by atoms with Crippen LogP contribution in [0.15, 0.2) is 54.6 Å². The zero-order chi connectivity index (χ0) is 20.7. The molecule has 2 aliphatic rings. The monoisotopic (exact) mass is 409 g/mol. The standard InChI is InChI=1S/C25H25F2NO2/c26-21-8-7-19(15-22(21)27)23(29)16-28-13-11-25(12-14-28)10-9-18-6-5-17-3-1-2-4-20(17)24(18)30-25/h1-8,15,23,29H,9-14,16H2. The predicted molar refractivity (Wildman–Crippen MR) is 113 cm³/mol. The van der Waals surface area contributed by atoms with E-state index in [9.17, 15) is 13.9 Å². The van der Waals surface area contributed by atoms with Crippen LogP contribution < -0.4 is 4.74 Å². The molecule has 1 unspecified atom stereocenters. The van der Waals surface area contributed by atoms with E-state index in [1.165, 1.54) is 22.4 Å². The topological polar surface area (TPSA) is 32.7 Å². The van der Waals surface area contributed by atoms with Crippen LogP contribution >= 0.6 is 0 Å². The Kier molecular flexibility index (Phi) is 4.95. The van der Waals surface area contributed by atoms with Crippen LogP contribution in [-0.4, -0.2) is 35.2 Å². The van der Waals surface area contributed by atoms with E-state index in [2.05, 4.69) is 35.2 Å². The van der Waals surface area contributed by atoms with Crippen molar-refractivity contribution in [3.63, 3.8) is 0 Å². The van der Waals surface area contributed by atoms with Gasteiger partial charge >= 0.3 is 0 Å². The van der Waals surface area contributed by atoms with E-state index in [0.29, 0.717) is 12.1 Å². The molecule has 1 spiro atoms. The first-order valence-electron chi connectivity index (χ1n) is 10.6. The van der Waals surface area contributed by atoms with Crippen molar-refractivity contribution in [3.05, 3.63) is 77.4 Å². The van der Waals surface area contributed by atoms with Crippen molar-refractivity contribution in [3.8, 4) is 5.75 Å². The Bertz CT molecular complexity index is 1080. The number of fused-ring (bicyclic) bond motifs is 3. The average molecular weight is 409 g/mol. The number of benzene rings is 3. The lowest BCUT2D eigenvalue weighted by Gasteiger charge is -2.45. The first-order chi connectivity index (χ1) is 14.5. The molecule has 0 amide bonds. The second-order valence-electron chi connectivity index (χ2n) is 8.55. The van der Waals surface area contributed by atoms with E-state index >= 15 is 0 Å². The Hall–Kier alpha value is -2.50. The summed E-state index contributed by atoms with van der Waals surface area (Å²) >= 11 is 0. The van der Waals surface area contributed by atoms with Crippen molar-refractivity contribution in [2.75, 3.05) is 19.6 Å². The van der Waals surface area contributed by atoms with Crippen LogP contribution in [0.3, 0.4) is 0 Å². The second-order valence-corrected chi connectivity index (χ2v) is 8.55. The van der Waals surface area contributed by atoms with Crippen molar-refractivity contribution >= 4 is 10.8 Å². The fourth-order valence-corrected chi connectivity index (χ4v) is 4.80. The number of nitrogens with zero attached hydrogens (tertiary/aromatic N) is 1. The molecule has 30 heavy (non-hydrogen) atoms. The van der Waals surface area contributed by atoms with Crippen LogP contribution in [-0.2, 0) is 6.42 Å². The van der Waals surface area contributed by atoms with Gasteiger partial charge in [0.05, 0.1) is 6.10 Å². The minimum Gasteiger partial charge on any atom is -0.486 e. The quantitative estimate of drug-likeness (QED) is 0.660. The molecular formula is C25H25F2NO2. The number of hydrogen-bond acceptors (Lipinski definition) is 3. The molecule has 3 aromatic carbocycles. The lowest BCUT2D eigenvalue weighted by atomic mass is 9.82. The van der Waals surface area contributed by atoms with E-state index in [-0.39, 0.29) is 5.60 Å². The highest BCUT2D eigenvalue weighted by molar-refractivity contribution is 5.89. The molecule has 0 radical (unpaired) electrons. The summed E-state index contributed by atoms with van der Waals surface area (Å²) in [5.74, 6) is -0.798. The van der Waals surface area contributed by atoms with Gasteiger partial charge in [0.25, 0.3) is 0 Å². The molecule has 5 rings (SSSR count). The third-order valence-electron chi connectivity index (χ3n) is 6.66. The lowest BCUT2D eigenvalue weighted by molar-refractivity contribution is -0.0227. The fourth-order valence-electron chi connectivity index (χ4n) is 4.80. The Morgan fingerprint density at radius 3 is 2.57 bits per heavy atom. The number of β-amino-alcohol motifs (C(OH)–C–C–N with tert-alkyl or cyclic N) is 1. The van der Waals surface area contributed by atoms with Crippen molar-refractivity contribution in [2.45, 2.75) is 37.4 Å². The van der Waals surface area contributed by atoms with Crippen LogP contribution in [0.4, 0.5) is 8.78 Å². The third kappa shape index (κ3) is 3.57. The molecule has 3 nitrogen and oxygen atoms in total. The molecule has 1 atom stereocenters. The number of aliphatic hydroxyl groups is 1. The van der Waals surface area contributed by atoms with Gasteiger partial charge in [0, 0.05) is 25.0 Å². The summed E-state index contributed by atoms with van der Waals surface area (Å²) in [6, 6.07) is 16.3. The van der Waals surface area contributed by atoms with Gasteiger partial charge in [-0.3, -0.25) is 0 Å². The normalized spacial score (nSPS) is 19.4. The molecule has 2 heterocycles. The van der Waals surface area contributed by atoms with Crippen LogP contribution in [0, 0.1) is 11.6 Å². The van der Waals surface area contributed by atoms with Gasteiger partial charge in [-0.15, -0.1) is 0 Å². The number of aryl methyl sites for hydroxylation is 1. The zero-order valence-electron chi connectivity index (χ0n) is 16.8. The molecule has 156 valence electrons. The zero-order valence-corrected chi connectivity index (χ0v) is 16.8. The summed E-state index contributed by atoms with van der Waals surface area (Å²) in [7, 11) is 0. The molecular weight excluding hydrogens is 384 g/mol. The van der Waals surface area contributed by atoms with E-state index < -0.39 is 17.7 Å². The first kappa shape index (κ1) is 19.5. The van der Waals surface area contributed by atoms with Gasteiger partial charge in [-0.05, 0) is 54.3 Å². The largest absolute Gasteiger partial charge is 0.486 e. The highest BCUT2D eigenvalue weighted by Gasteiger charge is 2.40. The summed E-state index contributed by atoms with van der Waals surface area (Å²) in [5, 5.41) is 12.8. The molecule has 3 aromatic rings. The van der Waals surface area contributed by atoms with Gasteiger partial charge < -0.3 is 14.7 Å². The smallest absolute Gasteiger partial charge is 0.159 e. The van der Waals surface area contributed by atoms with Gasteiger partial charge in [0.15, 0.2) is 11.6 Å². The maximum absolute atomic E-state index is 13.5. The van der Waals surface area contributed by atoms with Crippen molar-refractivity contribution in [1.29, 1.82) is 0 Å². The molecule has 0 aromatic heterocycles. The van der Waals surface area contributed by atoms with Gasteiger partial charge in [-0.1, -0.05) is 42.5 Å². The van der Waals surface area contributed by atoms with Crippen molar-refractivity contribution in [1.82, 2.24) is 4.90 Å². The average Bonchev–Trinajstić information content (AvgIpc) is 2.77. The van der Waals surface area contributed by atoms with Crippen LogP contribution in [0.1, 0.15) is 36.5 Å². The number of rotatable bonds is 3. The summed E-state index contributed by atoms with van der Waals surface area (Å²) in [6.45, 7) is 2.02. The highest BCUT2D eigenvalue weighted by Crippen LogP contribution is 2.43. The van der Waals surface area contributed by atoms with Gasteiger partial charge in [-0.2, -0.15) is 0 Å². The molecule has 0 aliphatic carbocycles. The third-order valence-corrected chi connectivity index (χ3v) is 6.66. The summed E-state index contributed by atoms with van der Waals surface area (Å²) < 4.78 is 33.3. The van der Waals surface area contributed by atoms with Gasteiger partial charge in [0.1, 0.15) is 11.4 Å². The van der Waals surface area contributed by atoms with E-state index in [0.717, 1.165) is 56.7 Å². The van der Waals surface area contributed by atoms with E-state index in [1.807, 2.05) is 6.07 Å². The van der Waals surface area contributed by atoms with Crippen molar-refractivity contribution in [2.24, 2.45) is 0 Å². The van der Waals surface area contributed by atoms with E-state index in [4.69, 9.17) is 4.74 Å². The van der Waals surface area contributed by atoms with Crippen LogP contribution in [0.2, 0.25) is 0 Å². The Morgan fingerprint density at radius 1 is 0.967 bits per heavy atom. The van der Waals surface area contributed by atoms with Crippen LogP contribution in [0.5, 0.6) is 5.75 Å². The number of hydrogen-bond donors (Lipinski definition) is 1. The van der Waals surface area contributed by atoms with E-state index in [1.54, 1.807) is 0 Å². The number of likely N-dealkylation sites (tertiary alicyclic amines) is 1. The minimum absolute atomic E-state index is 0.166. The number of piperidine rings is 1. The van der Waals surface area contributed by atoms with Gasteiger partial charge in [-0.25, -0.2) is 8.78 Å². The molecule has 5 heteroatoms. The maximum atomic E-state index is 13.5.